The lowest BCUT2D eigenvalue weighted by Crippen LogP contribution is -2.49. The fourth-order valence-electron chi connectivity index (χ4n) is 3.71. The number of amides is 1. The van der Waals surface area contributed by atoms with Gasteiger partial charge in [-0.05, 0) is 62.8 Å². The Morgan fingerprint density at radius 2 is 1.85 bits per heavy atom. The van der Waals surface area contributed by atoms with Crippen molar-refractivity contribution in [2.75, 3.05) is 13.1 Å². The van der Waals surface area contributed by atoms with E-state index in [4.69, 9.17) is 0 Å². The summed E-state index contributed by atoms with van der Waals surface area (Å²) in [6, 6.07) is 7.25. The summed E-state index contributed by atoms with van der Waals surface area (Å²) in [6.45, 7) is 5.23. The van der Waals surface area contributed by atoms with Crippen LogP contribution in [0.3, 0.4) is 0 Å². The van der Waals surface area contributed by atoms with Gasteiger partial charge in [0, 0.05) is 25.2 Å². The molecule has 2 fully saturated rings. The maximum atomic E-state index is 13.3. The highest BCUT2D eigenvalue weighted by Gasteiger charge is 2.43. The van der Waals surface area contributed by atoms with Crippen LogP contribution in [-0.4, -0.2) is 48.7 Å². The summed E-state index contributed by atoms with van der Waals surface area (Å²) in [5, 5.41) is 0. The first-order chi connectivity index (χ1) is 12.9. The molecule has 0 unspecified atom stereocenters. The maximum absolute atomic E-state index is 13.3. The molecular weight excluding hydrogens is 360 g/mol. The summed E-state index contributed by atoms with van der Waals surface area (Å²) in [5.41, 5.74) is 0.950. The van der Waals surface area contributed by atoms with Gasteiger partial charge in [0.05, 0.1) is 4.90 Å². The van der Waals surface area contributed by atoms with E-state index < -0.39 is 10.0 Å². The van der Waals surface area contributed by atoms with Crippen molar-refractivity contribution in [2.24, 2.45) is 0 Å². The number of hydrogen-bond acceptors (Lipinski definition) is 3. The third-order valence-corrected chi connectivity index (χ3v) is 7.32. The van der Waals surface area contributed by atoms with Crippen molar-refractivity contribution in [3.05, 3.63) is 42.0 Å². The fraction of sp³-hybridized carbons (Fsp3) is 0.571. The Morgan fingerprint density at radius 3 is 2.44 bits per heavy atom. The number of unbranched alkanes of at least 4 members (excludes halogenated alkanes) is 1. The summed E-state index contributed by atoms with van der Waals surface area (Å²) in [6.07, 6.45) is 8.79. The minimum atomic E-state index is -3.50. The van der Waals surface area contributed by atoms with Crippen molar-refractivity contribution in [1.29, 1.82) is 0 Å². The largest absolute Gasteiger partial charge is 0.339 e. The quantitative estimate of drug-likeness (QED) is 0.670. The fourth-order valence-corrected chi connectivity index (χ4v) is 5.75. The van der Waals surface area contributed by atoms with Gasteiger partial charge >= 0.3 is 0 Å². The first-order valence-corrected chi connectivity index (χ1v) is 11.4. The molecule has 148 valence electrons. The van der Waals surface area contributed by atoms with Gasteiger partial charge in [0.25, 0.3) is 0 Å². The van der Waals surface area contributed by atoms with Gasteiger partial charge in [-0.1, -0.05) is 31.6 Å². The van der Waals surface area contributed by atoms with E-state index in [0.717, 1.165) is 31.2 Å². The molecule has 1 aromatic carbocycles. The monoisotopic (exact) mass is 390 g/mol. The van der Waals surface area contributed by atoms with E-state index in [-0.39, 0.29) is 18.0 Å². The average Bonchev–Trinajstić information content (AvgIpc) is 3.47. The van der Waals surface area contributed by atoms with Crippen LogP contribution in [0.1, 0.15) is 51.0 Å². The highest BCUT2D eigenvalue weighted by molar-refractivity contribution is 7.89. The molecule has 27 heavy (non-hydrogen) atoms. The third-order valence-electron chi connectivity index (χ3n) is 5.32. The topological polar surface area (TPSA) is 57.7 Å². The third kappa shape index (κ3) is 4.79. The Kier molecular flexibility index (Phi) is 6.37. The molecule has 5 nitrogen and oxygen atoms in total. The zero-order chi connectivity index (χ0) is 19.4. The van der Waals surface area contributed by atoms with Gasteiger partial charge in [-0.25, -0.2) is 8.42 Å². The number of hydrogen-bond donors (Lipinski definition) is 0. The summed E-state index contributed by atoms with van der Waals surface area (Å²) in [4.78, 5) is 14.5. The molecule has 0 bridgehead atoms. The molecule has 1 aliphatic carbocycles. The number of benzene rings is 1. The predicted molar refractivity (Wildman–Crippen MR) is 107 cm³/mol. The molecule has 2 aliphatic rings. The van der Waals surface area contributed by atoms with E-state index in [1.807, 2.05) is 24.0 Å². The van der Waals surface area contributed by atoms with Gasteiger partial charge in [-0.3, -0.25) is 4.79 Å². The van der Waals surface area contributed by atoms with Crippen LogP contribution in [0.5, 0.6) is 0 Å². The number of carbonyl (C=O) groups is 1. The van der Waals surface area contributed by atoms with E-state index in [0.29, 0.717) is 30.8 Å². The highest BCUT2D eigenvalue weighted by Crippen LogP contribution is 2.36. The second-order valence-electron chi connectivity index (χ2n) is 7.63. The predicted octanol–water partition coefficient (Wildman–Crippen LogP) is 3.50. The molecule has 1 saturated carbocycles. The van der Waals surface area contributed by atoms with Crippen molar-refractivity contribution < 1.29 is 13.2 Å². The van der Waals surface area contributed by atoms with Crippen molar-refractivity contribution in [3.8, 4) is 0 Å². The molecule has 1 aliphatic heterocycles. The van der Waals surface area contributed by atoms with Crippen LogP contribution in [0.2, 0.25) is 0 Å². The van der Waals surface area contributed by atoms with Gasteiger partial charge in [-0.2, -0.15) is 4.31 Å². The lowest BCUT2D eigenvalue weighted by molar-refractivity contribution is -0.127. The first kappa shape index (κ1) is 20.1. The van der Waals surface area contributed by atoms with Crippen LogP contribution in [0.4, 0.5) is 0 Å². The summed E-state index contributed by atoms with van der Waals surface area (Å²) in [5.74, 6) is 0.0430. The molecular formula is C21H30N2O3S. The van der Waals surface area contributed by atoms with E-state index in [9.17, 15) is 13.2 Å². The van der Waals surface area contributed by atoms with E-state index >= 15 is 0 Å². The molecule has 6 heteroatoms. The number of nitrogens with zero attached hydrogens (tertiary/aromatic N) is 2. The molecule has 1 amide bonds. The minimum absolute atomic E-state index is 0.0216. The Balaban J connectivity index is 1.70. The van der Waals surface area contributed by atoms with E-state index in [2.05, 4.69) is 6.92 Å². The van der Waals surface area contributed by atoms with E-state index in [1.54, 1.807) is 28.6 Å². The molecule has 1 saturated heterocycles. The molecule has 0 aromatic heterocycles. The van der Waals surface area contributed by atoms with Gasteiger partial charge in [-0.15, -0.1) is 0 Å². The summed E-state index contributed by atoms with van der Waals surface area (Å²) >= 11 is 0. The molecule has 0 spiro atoms. The van der Waals surface area contributed by atoms with Crippen LogP contribution < -0.4 is 0 Å². The minimum Gasteiger partial charge on any atom is -0.339 e. The zero-order valence-corrected chi connectivity index (χ0v) is 17.1. The lowest BCUT2D eigenvalue weighted by atomic mass is 10.0. The molecule has 3 rings (SSSR count). The zero-order valence-electron chi connectivity index (χ0n) is 16.3. The van der Waals surface area contributed by atoms with Crippen molar-refractivity contribution in [1.82, 2.24) is 9.21 Å². The maximum Gasteiger partial charge on any atom is 0.246 e. The Morgan fingerprint density at radius 1 is 1.19 bits per heavy atom. The Bertz CT molecular complexity index is 791. The van der Waals surface area contributed by atoms with Gasteiger partial charge in [0.15, 0.2) is 0 Å². The Labute approximate surface area is 163 Å². The normalized spacial score (nSPS) is 19.1. The second-order valence-corrected chi connectivity index (χ2v) is 9.47. The standard InChI is InChI=1S/C21H30N2O3S/c1-3-4-5-9-21(24)22-14-12-19(13-15-22)23(18-10-11-18)27(25,26)20-8-6-7-17(2)16-20/h5-9,16,18-19H,3-4,10-15H2,1-2H3/b9-5+. The van der Waals surface area contributed by atoms with Crippen molar-refractivity contribution in [2.45, 2.75) is 69.4 Å². The summed E-state index contributed by atoms with van der Waals surface area (Å²) in [7, 11) is -3.50. The van der Waals surface area contributed by atoms with Crippen LogP contribution in [0, 0.1) is 6.92 Å². The van der Waals surface area contributed by atoms with E-state index in [1.165, 1.54) is 0 Å². The number of sulfonamides is 1. The van der Waals surface area contributed by atoms with Gasteiger partial charge in [0.1, 0.15) is 0 Å². The average molecular weight is 391 g/mol. The highest BCUT2D eigenvalue weighted by atomic mass is 32.2. The smallest absolute Gasteiger partial charge is 0.246 e. The van der Waals surface area contributed by atoms with Crippen LogP contribution in [0.15, 0.2) is 41.3 Å². The van der Waals surface area contributed by atoms with Gasteiger partial charge < -0.3 is 4.90 Å². The molecule has 0 radical (unpaired) electrons. The number of allylic oxidation sites excluding steroid dienone is 1. The molecule has 1 aromatic rings. The molecule has 1 heterocycles. The number of carbonyl (C=O) groups excluding carboxylic acids is 1. The van der Waals surface area contributed by atoms with Crippen LogP contribution in [0.25, 0.3) is 0 Å². The van der Waals surface area contributed by atoms with Gasteiger partial charge in [0.2, 0.25) is 15.9 Å². The van der Waals surface area contributed by atoms with Crippen molar-refractivity contribution >= 4 is 15.9 Å². The number of aryl methyl sites for hydroxylation is 1. The first-order valence-electron chi connectivity index (χ1n) is 9.99. The number of likely N-dealkylation sites (tertiary alicyclic amines) is 1. The summed E-state index contributed by atoms with van der Waals surface area (Å²) < 4.78 is 28.3. The van der Waals surface area contributed by atoms with Crippen molar-refractivity contribution in [3.63, 3.8) is 0 Å². The number of rotatable bonds is 7. The Hall–Kier alpha value is -1.66. The van der Waals surface area contributed by atoms with Crippen LogP contribution in [-0.2, 0) is 14.8 Å². The lowest BCUT2D eigenvalue weighted by Gasteiger charge is -2.37. The SMILES string of the molecule is CCC/C=C/C(=O)N1CCC(N(C2CC2)S(=O)(=O)c2cccc(C)c2)CC1. The molecule has 0 N–H and O–H groups in total. The molecule has 0 atom stereocenters. The van der Waals surface area contributed by atoms with Crippen LogP contribution >= 0.6 is 0 Å². The number of piperidine rings is 1. The second kappa shape index (κ2) is 8.57.